The number of allylic oxidation sites excluding steroid dienone is 3. The summed E-state index contributed by atoms with van der Waals surface area (Å²) in [5.41, 5.74) is 15.2. The van der Waals surface area contributed by atoms with Crippen LogP contribution in [0.4, 0.5) is 5.69 Å². The van der Waals surface area contributed by atoms with E-state index in [1.807, 2.05) is 17.0 Å². The van der Waals surface area contributed by atoms with Crippen LogP contribution in [0, 0.1) is 32.1 Å². The van der Waals surface area contributed by atoms with Crippen LogP contribution in [-0.2, 0) is 10.5 Å². The van der Waals surface area contributed by atoms with Gasteiger partial charge in [-0.15, -0.1) is 11.8 Å². The minimum Gasteiger partial charge on any atom is -0.384 e. The first-order chi connectivity index (χ1) is 17.9. The second-order valence-corrected chi connectivity index (χ2v) is 10.8. The van der Waals surface area contributed by atoms with Crippen molar-refractivity contribution in [3.63, 3.8) is 0 Å². The van der Waals surface area contributed by atoms with Crippen LogP contribution < -0.4 is 10.6 Å². The number of thioether (sulfide) groups is 1. The van der Waals surface area contributed by atoms with E-state index in [4.69, 9.17) is 5.73 Å². The summed E-state index contributed by atoms with van der Waals surface area (Å²) in [6.07, 6.45) is 5.41. The molecule has 2 aliphatic rings. The third-order valence-electron chi connectivity index (χ3n) is 7.27. The van der Waals surface area contributed by atoms with Crippen molar-refractivity contribution >= 4 is 23.2 Å². The van der Waals surface area contributed by atoms with Gasteiger partial charge in [0.2, 0.25) is 0 Å². The Morgan fingerprint density at radius 3 is 2.59 bits per heavy atom. The van der Waals surface area contributed by atoms with Gasteiger partial charge in [0.1, 0.15) is 5.82 Å². The molecule has 2 N–H and O–H groups in total. The summed E-state index contributed by atoms with van der Waals surface area (Å²) in [6, 6.07) is 19.0. The Kier molecular flexibility index (Phi) is 6.90. The number of hydrogen-bond acceptors (Lipinski definition) is 6. The Balaban J connectivity index is 1.61. The second kappa shape index (κ2) is 10.3. The van der Waals surface area contributed by atoms with Gasteiger partial charge in [-0.05, 0) is 80.1 Å². The first kappa shape index (κ1) is 24.9. The molecule has 1 unspecified atom stereocenters. The van der Waals surface area contributed by atoms with Crippen molar-refractivity contribution in [3.05, 3.63) is 111 Å². The molecule has 6 heteroatoms. The molecule has 0 fully saturated rings. The van der Waals surface area contributed by atoms with E-state index in [1.165, 1.54) is 21.6 Å². The SMILES string of the molecule is Cc1ccc(SCc2cc(C3C(C#N)=C(N)N(c4cccnc4)C4=C3C(=O)CCC4)c(C)cc2C)cc1. The van der Waals surface area contributed by atoms with Crippen LogP contribution in [0.25, 0.3) is 0 Å². The standard InChI is InChI=1S/C31H30N4OS/c1-19-9-11-24(12-10-19)37-18-22-15-25(21(3)14-20(22)2)29-26(16-32)31(33)35(23-6-5-13-34-17-23)27-7-4-8-28(36)30(27)29/h5-6,9-15,17,29H,4,7-8,18,33H2,1-3H3. The number of nitrogens with zero attached hydrogens (tertiary/aromatic N) is 3. The van der Waals surface area contributed by atoms with E-state index >= 15 is 0 Å². The molecule has 1 aliphatic heterocycles. The van der Waals surface area contributed by atoms with E-state index < -0.39 is 5.92 Å². The number of ketones is 1. The highest BCUT2D eigenvalue weighted by Gasteiger charge is 2.41. The minimum atomic E-state index is -0.468. The molecule has 0 radical (unpaired) electrons. The maximum absolute atomic E-state index is 13.5. The molecule has 0 spiro atoms. The quantitative estimate of drug-likeness (QED) is 0.392. The summed E-state index contributed by atoms with van der Waals surface area (Å²) >= 11 is 1.79. The number of anilines is 1. The van der Waals surface area contributed by atoms with E-state index in [0.717, 1.165) is 41.1 Å². The fourth-order valence-corrected chi connectivity index (χ4v) is 6.32. The average molecular weight is 507 g/mol. The predicted octanol–water partition coefficient (Wildman–Crippen LogP) is 6.60. The van der Waals surface area contributed by atoms with Gasteiger partial charge in [-0.1, -0.05) is 29.8 Å². The average Bonchev–Trinajstić information content (AvgIpc) is 2.89. The van der Waals surface area contributed by atoms with Crippen LogP contribution in [-0.4, -0.2) is 10.8 Å². The lowest BCUT2D eigenvalue weighted by Gasteiger charge is -2.40. The zero-order chi connectivity index (χ0) is 26.1. The number of carbonyl (C=O) groups is 1. The van der Waals surface area contributed by atoms with Crippen LogP contribution in [0.1, 0.15) is 53.0 Å². The number of carbonyl (C=O) groups excluding carboxylic acids is 1. The monoisotopic (exact) mass is 506 g/mol. The van der Waals surface area contributed by atoms with Crippen LogP contribution in [0.2, 0.25) is 0 Å². The molecule has 0 saturated carbocycles. The minimum absolute atomic E-state index is 0.0935. The van der Waals surface area contributed by atoms with Crippen LogP contribution in [0.3, 0.4) is 0 Å². The van der Waals surface area contributed by atoms with Crippen LogP contribution in [0.15, 0.2) is 88.5 Å². The summed E-state index contributed by atoms with van der Waals surface area (Å²) in [5, 5.41) is 10.4. The van der Waals surface area contributed by atoms with Crippen molar-refractivity contribution in [2.24, 2.45) is 5.73 Å². The van der Waals surface area contributed by atoms with E-state index in [-0.39, 0.29) is 5.78 Å². The third kappa shape index (κ3) is 4.68. The Morgan fingerprint density at radius 2 is 1.89 bits per heavy atom. The van der Waals surface area contributed by atoms with Gasteiger partial charge < -0.3 is 5.73 Å². The van der Waals surface area contributed by atoms with Crippen molar-refractivity contribution in [2.75, 3.05) is 4.90 Å². The largest absolute Gasteiger partial charge is 0.384 e. The first-order valence-electron chi connectivity index (χ1n) is 12.5. The third-order valence-corrected chi connectivity index (χ3v) is 8.33. The molecular formula is C31H30N4OS. The topological polar surface area (TPSA) is 83.0 Å². The number of nitrogens with two attached hydrogens (primary N) is 1. The fourth-order valence-electron chi connectivity index (χ4n) is 5.36. The van der Waals surface area contributed by atoms with E-state index in [9.17, 15) is 10.1 Å². The maximum atomic E-state index is 13.5. The van der Waals surface area contributed by atoms with Crippen molar-refractivity contribution in [1.29, 1.82) is 5.26 Å². The molecule has 1 aromatic heterocycles. The number of aromatic nitrogens is 1. The maximum Gasteiger partial charge on any atom is 0.161 e. The predicted molar refractivity (Wildman–Crippen MR) is 149 cm³/mol. The van der Waals surface area contributed by atoms with Gasteiger partial charge in [0.05, 0.1) is 29.4 Å². The second-order valence-electron chi connectivity index (χ2n) is 9.76. The molecule has 5 rings (SSSR count). The van der Waals surface area contributed by atoms with Crippen molar-refractivity contribution in [3.8, 4) is 6.07 Å². The normalized spacial score (nSPS) is 17.6. The highest BCUT2D eigenvalue weighted by atomic mass is 32.2. The van der Waals surface area contributed by atoms with Gasteiger partial charge in [0.25, 0.3) is 0 Å². The van der Waals surface area contributed by atoms with Crippen LogP contribution >= 0.6 is 11.8 Å². The molecule has 2 aromatic carbocycles. The summed E-state index contributed by atoms with van der Waals surface area (Å²) < 4.78 is 0. The molecular weight excluding hydrogens is 476 g/mol. The molecule has 3 aromatic rings. The number of pyridine rings is 1. The van der Waals surface area contributed by atoms with Gasteiger partial charge in [-0.3, -0.25) is 14.7 Å². The number of rotatable bonds is 5. The van der Waals surface area contributed by atoms with E-state index in [1.54, 1.807) is 24.2 Å². The van der Waals surface area contributed by atoms with Gasteiger partial charge in [0.15, 0.2) is 5.78 Å². The lowest BCUT2D eigenvalue weighted by atomic mass is 9.74. The Bertz CT molecular complexity index is 1470. The Morgan fingerprint density at radius 1 is 1.11 bits per heavy atom. The lowest BCUT2D eigenvalue weighted by Crippen LogP contribution is -2.39. The summed E-state index contributed by atoms with van der Waals surface area (Å²) in [5.74, 6) is 0.808. The molecule has 1 aliphatic carbocycles. The number of Topliss-reactive ketones (excluding diaryl/α,β-unsaturated/α-hetero) is 1. The van der Waals surface area contributed by atoms with Gasteiger partial charge >= 0.3 is 0 Å². The van der Waals surface area contributed by atoms with Crippen molar-refractivity contribution in [1.82, 2.24) is 4.98 Å². The molecule has 0 amide bonds. The van der Waals surface area contributed by atoms with Gasteiger partial charge in [-0.25, -0.2) is 0 Å². The molecule has 0 saturated heterocycles. The highest BCUT2D eigenvalue weighted by Crippen LogP contribution is 2.47. The Hall–Kier alpha value is -3.82. The van der Waals surface area contributed by atoms with Gasteiger partial charge in [0, 0.05) is 34.5 Å². The van der Waals surface area contributed by atoms with Crippen molar-refractivity contribution < 1.29 is 4.79 Å². The molecule has 186 valence electrons. The zero-order valence-corrected chi connectivity index (χ0v) is 22.2. The molecule has 5 nitrogen and oxygen atoms in total. The first-order valence-corrected chi connectivity index (χ1v) is 13.5. The van der Waals surface area contributed by atoms with E-state index in [2.05, 4.69) is 68.2 Å². The van der Waals surface area contributed by atoms with E-state index in [0.29, 0.717) is 23.4 Å². The molecule has 37 heavy (non-hydrogen) atoms. The Labute approximate surface area is 222 Å². The summed E-state index contributed by atoms with van der Waals surface area (Å²) in [6.45, 7) is 6.27. The lowest BCUT2D eigenvalue weighted by molar-refractivity contribution is -0.116. The molecule has 2 heterocycles. The fraction of sp³-hybridized carbons (Fsp3) is 0.258. The highest BCUT2D eigenvalue weighted by molar-refractivity contribution is 7.98. The molecule has 1 atom stereocenters. The smallest absolute Gasteiger partial charge is 0.161 e. The summed E-state index contributed by atoms with van der Waals surface area (Å²) in [4.78, 5) is 20.8. The number of nitriles is 1. The van der Waals surface area contributed by atoms with Crippen LogP contribution in [0.5, 0.6) is 0 Å². The molecule has 0 bridgehead atoms. The summed E-state index contributed by atoms with van der Waals surface area (Å²) in [7, 11) is 0. The van der Waals surface area contributed by atoms with Gasteiger partial charge in [-0.2, -0.15) is 5.26 Å². The number of benzene rings is 2. The van der Waals surface area contributed by atoms with Crippen molar-refractivity contribution in [2.45, 2.75) is 56.6 Å². The zero-order valence-electron chi connectivity index (χ0n) is 21.4. The number of hydrogen-bond donors (Lipinski definition) is 1. The number of aryl methyl sites for hydroxylation is 3.